The van der Waals surface area contributed by atoms with Gasteiger partial charge in [-0.3, -0.25) is 4.79 Å². The van der Waals surface area contributed by atoms with Gasteiger partial charge in [-0.15, -0.1) is 11.3 Å². The average molecular weight is 352 g/mol. The summed E-state index contributed by atoms with van der Waals surface area (Å²) in [4.78, 5) is 19.0. The molecule has 1 aliphatic carbocycles. The lowest BCUT2D eigenvalue weighted by Crippen LogP contribution is -2.50. The monoisotopic (exact) mass is 351 g/mol. The molecule has 1 saturated carbocycles. The quantitative estimate of drug-likeness (QED) is 0.855. The van der Waals surface area contributed by atoms with Gasteiger partial charge in [-0.2, -0.15) is 0 Å². The van der Waals surface area contributed by atoms with Gasteiger partial charge in [-0.05, 0) is 39.1 Å². The second-order valence-corrected chi connectivity index (χ2v) is 8.11. The molecule has 0 bridgehead atoms. The van der Waals surface area contributed by atoms with Crippen LogP contribution in [0.15, 0.2) is 24.5 Å². The zero-order valence-electron chi connectivity index (χ0n) is 13.5. The van der Waals surface area contributed by atoms with Gasteiger partial charge in [-0.1, -0.05) is 24.4 Å². The van der Waals surface area contributed by atoms with Crippen LogP contribution in [0.5, 0.6) is 0 Å². The van der Waals surface area contributed by atoms with Crippen molar-refractivity contribution in [3.05, 3.63) is 34.4 Å². The first-order valence-electron chi connectivity index (χ1n) is 7.90. The molecule has 0 aliphatic heterocycles. The van der Waals surface area contributed by atoms with E-state index >= 15 is 0 Å². The van der Waals surface area contributed by atoms with E-state index in [1.807, 2.05) is 18.3 Å². The maximum atomic E-state index is 12.7. The highest BCUT2D eigenvalue weighted by atomic mass is 35.5. The number of carbonyl (C=O) groups is 1. The Morgan fingerprint density at radius 3 is 2.70 bits per heavy atom. The number of halogens is 1. The summed E-state index contributed by atoms with van der Waals surface area (Å²) in [5.74, 6) is -0.0288. The number of hydrogen-bond donors (Lipinski definition) is 2. The van der Waals surface area contributed by atoms with Crippen LogP contribution in [0.4, 0.5) is 0 Å². The van der Waals surface area contributed by atoms with E-state index in [1.165, 1.54) is 24.2 Å². The Balaban J connectivity index is 1.73. The smallest absolute Gasteiger partial charge is 0.253 e. The first kappa shape index (κ1) is 16.6. The molecule has 2 aromatic heterocycles. The van der Waals surface area contributed by atoms with Crippen molar-refractivity contribution in [3.8, 4) is 10.4 Å². The number of H-pyrrole nitrogens is 1. The van der Waals surface area contributed by atoms with Crippen LogP contribution >= 0.6 is 22.9 Å². The molecule has 124 valence electrons. The van der Waals surface area contributed by atoms with Gasteiger partial charge in [0, 0.05) is 34.9 Å². The SMILES string of the molecule is CN(C)C1(CNC(=O)c2c[nH]cc2-c2ccc(Cl)s2)CCCC1. The third-order valence-corrected chi connectivity index (χ3v) is 6.15. The minimum absolute atomic E-state index is 0.0288. The molecule has 1 amide bonds. The minimum atomic E-state index is -0.0288. The number of nitrogens with zero attached hydrogens (tertiary/aromatic N) is 1. The molecule has 2 aromatic rings. The molecule has 0 unspecified atom stereocenters. The van der Waals surface area contributed by atoms with Crippen molar-refractivity contribution in [1.82, 2.24) is 15.2 Å². The summed E-state index contributed by atoms with van der Waals surface area (Å²) in [6, 6.07) is 3.81. The van der Waals surface area contributed by atoms with Crippen molar-refractivity contribution in [2.75, 3.05) is 20.6 Å². The van der Waals surface area contributed by atoms with Gasteiger partial charge in [0.1, 0.15) is 0 Å². The number of amides is 1. The minimum Gasteiger partial charge on any atom is -0.366 e. The molecular formula is C17H22ClN3OS. The van der Waals surface area contributed by atoms with E-state index in [-0.39, 0.29) is 11.4 Å². The number of aromatic nitrogens is 1. The van der Waals surface area contributed by atoms with E-state index in [0.717, 1.165) is 27.6 Å². The summed E-state index contributed by atoms with van der Waals surface area (Å²) in [6.07, 6.45) is 8.36. The number of rotatable bonds is 5. The fourth-order valence-corrected chi connectivity index (χ4v) is 4.44. The van der Waals surface area contributed by atoms with Crippen molar-refractivity contribution in [2.45, 2.75) is 31.2 Å². The Bertz CT molecular complexity index is 686. The van der Waals surface area contributed by atoms with E-state index in [2.05, 4.69) is 29.3 Å². The first-order valence-corrected chi connectivity index (χ1v) is 9.09. The fraction of sp³-hybridized carbons (Fsp3) is 0.471. The highest BCUT2D eigenvalue weighted by Gasteiger charge is 2.36. The third kappa shape index (κ3) is 3.32. The summed E-state index contributed by atoms with van der Waals surface area (Å²) in [5, 5.41) is 3.14. The molecule has 4 nitrogen and oxygen atoms in total. The number of aromatic amines is 1. The second kappa shape index (κ2) is 6.67. The molecule has 1 aliphatic rings. The van der Waals surface area contributed by atoms with Crippen LogP contribution in [-0.2, 0) is 0 Å². The van der Waals surface area contributed by atoms with Crippen molar-refractivity contribution >= 4 is 28.8 Å². The Hall–Kier alpha value is -1.30. The third-order valence-electron chi connectivity index (χ3n) is 4.89. The normalized spacial score (nSPS) is 16.9. The Morgan fingerprint density at radius 2 is 2.09 bits per heavy atom. The van der Waals surface area contributed by atoms with Crippen molar-refractivity contribution < 1.29 is 4.79 Å². The van der Waals surface area contributed by atoms with Gasteiger partial charge < -0.3 is 15.2 Å². The van der Waals surface area contributed by atoms with Gasteiger partial charge in [0.2, 0.25) is 0 Å². The molecule has 0 saturated heterocycles. The van der Waals surface area contributed by atoms with Crippen molar-refractivity contribution in [2.24, 2.45) is 0 Å². The number of likely N-dealkylation sites (N-methyl/N-ethyl adjacent to an activating group) is 1. The topological polar surface area (TPSA) is 48.1 Å². The summed E-state index contributed by atoms with van der Waals surface area (Å²) < 4.78 is 0.727. The predicted molar refractivity (Wildman–Crippen MR) is 96.3 cm³/mol. The van der Waals surface area contributed by atoms with Crippen LogP contribution in [0.2, 0.25) is 4.34 Å². The van der Waals surface area contributed by atoms with Gasteiger partial charge >= 0.3 is 0 Å². The predicted octanol–water partition coefficient (Wildman–Crippen LogP) is 4.00. The molecular weight excluding hydrogens is 330 g/mol. The molecule has 2 heterocycles. The lowest BCUT2D eigenvalue weighted by atomic mass is 9.96. The molecule has 23 heavy (non-hydrogen) atoms. The highest BCUT2D eigenvalue weighted by molar-refractivity contribution is 7.19. The van der Waals surface area contributed by atoms with Crippen LogP contribution in [0.1, 0.15) is 36.0 Å². The van der Waals surface area contributed by atoms with Crippen molar-refractivity contribution in [1.29, 1.82) is 0 Å². The van der Waals surface area contributed by atoms with Crippen LogP contribution in [0, 0.1) is 0 Å². The molecule has 6 heteroatoms. The van der Waals surface area contributed by atoms with E-state index in [1.54, 1.807) is 6.20 Å². The van der Waals surface area contributed by atoms with E-state index in [4.69, 9.17) is 11.6 Å². The lowest BCUT2D eigenvalue weighted by molar-refractivity contribution is 0.0901. The summed E-state index contributed by atoms with van der Waals surface area (Å²) in [6.45, 7) is 0.689. The lowest BCUT2D eigenvalue weighted by Gasteiger charge is -2.36. The number of thiophene rings is 1. The van der Waals surface area contributed by atoms with E-state index in [0.29, 0.717) is 12.1 Å². The Morgan fingerprint density at radius 1 is 1.35 bits per heavy atom. The fourth-order valence-electron chi connectivity index (χ4n) is 3.37. The molecule has 0 aromatic carbocycles. The molecule has 0 spiro atoms. The maximum Gasteiger partial charge on any atom is 0.253 e. The summed E-state index contributed by atoms with van der Waals surface area (Å²) >= 11 is 7.49. The largest absolute Gasteiger partial charge is 0.366 e. The van der Waals surface area contributed by atoms with Crippen LogP contribution in [-0.4, -0.2) is 42.0 Å². The van der Waals surface area contributed by atoms with Crippen LogP contribution in [0.3, 0.4) is 0 Å². The molecule has 1 fully saturated rings. The van der Waals surface area contributed by atoms with E-state index < -0.39 is 0 Å². The molecule has 2 N–H and O–H groups in total. The van der Waals surface area contributed by atoms with Gasteiger partial charge in [-0.25, -0.2) is 0 Å². The number of nitrogens with one attached hydrogen (secondary N) is 2. The van der Waals surface area contributed by atoms with Gasteiger partial charge in [0.15, 0.2) is 0 Å². The zero-order valence-corrected chi connectivity index (χ0v) is 15.1. The molecule has 0 atom stereocenters. The van der Waals surface area contributed by atoms with Crippen molar-refractivity contribution in [3.63, 3.8) is 0 Å². The second-order valence-electron chi connectivity index (χ2n) is 6.40. The summed E-state index contributed by atoms with van der Waals surface area (Å²) in [7, 11) is 4.21. The highest BCUT2D eigenvalue weighted by Crippen LogP contribution is 2.34. The zero-order chi connectivity index (χ0) is 16.4. The van der Waals surface area contributed by atoms with Gasteiger partial charge in [0.05, 0.1) is 9.90 Å². The standard InChI is InChI=1S/C17H22ClN3OS/c1-21(2)17(7-3-4-8-17)11-20-16(22)13-10-19-9-12(13)14-5-6-15(18)23-14/h5-6,9-10,19H,3-4,7-8,11H2,1-2H3,(H,20,22). The van der Waals surface area contributed by atoms with Crippen LogP contribution in [0.25, 0.3) is 10.4 Å². The van der Waals surface area contributed by atoms with Crippen LogP contribution < -0.4 is 5.32 Å². The van der Waals surface area contributed by atoms with Gasteiger partial charge in [0.25, 0.3) is 5.91 Å². The Labute approximate surface area is 145 Å². The number of hydrogen-bond acceptors (Lipinski definition) is 3. The Kier molecular flexibility index (Phi) is 4.80. The average Bonchev–Trinajstić information content (AvgIpc) is 3.24. The van der Waals surface area contributed by atoms with E-state index in [9.17, 15) is 4.79 Å². The first-order chi connectivity index (χ1) is 11.0. The maximum absolute atomic E-state index is 12.7. The number of carbonyl (C=O) groups excluding carboxylic acids is 1. The molecule has 3 rings (SSSR count). The summed E-state index contributed by atoms with van der Waals surface area (Å²) in [5.41, 5.74) is 1.68. The molecule has 0 radical (unpaired) electrons.